The molecule has 7 nitrogen and oxygen atoms in total. The number of nitrogens with one attached hydrogen (secondary N) is 1. The number of carbonyl (C=O) groups is 3. The van der Waals surface area contributed by atoms with Crippen molar-refractivity contribution in [1.29, 1.82) is 0 Å². The molecule has 1 aromatic heterocycles. The van der Waals surface area contributed by atoms with Gasteiger partial charge in [-0.05, 0) is 38.1 Å². The van der Waals surface area contributed by atoms with Crippen LogP contribution in [0.4, 0.5) is 0 Å². The first-order valence-electron chi connectivity index (χ1n) is 9.89. The zero-order chi connectivity index (χ0) is 21.3. The quantitative estimate of drug-likeness (QED) is 0.605. The second kappa shape index (κ2) is 8.02. The van der Waals surface area contributed by atoms with E-state index in [1.807, 2.05) is 38.1 Å². The van der Waals surface area contributed by atoms with Gasteiger partial charge in [-0.1, -0.05) is 24.3 Å². The second-order valence-corrected chi connectivity index (χ2v) is 7.10. The minimum atomic E-state index is -0.374. The molecule has 154 valence electrons. The third-order valence-corrected chi connectivity index (χ3v) is 5.07. The molecule has 1 unspecified atom stereocenters. The number of furan rings is 1. The molecule has 0 aliphatic carbocycles. The van der Waals surface area contributed by atoms with Gasteiger partial charge in [0.2, 0.25) is 5.91 Å². The fourth-order valence-corrected chi connectivity index (χ4v) is 3.58. The minimum absolute atomic E-state index is 0.0141. The lowest BCUT2D eigenvalue weighted by atomic mass is 10.1. The van der Waals surface area contributed by atoms with Gasteiger partial charge >= 0.3 is 0 Å². The Kier molecular flexibility index (Phi) is 5.27. The number of rotatable bonds is 7. The maximum absolute atomic E-state index is 12.4. The summed E-state index contributed by atoms with van der Waals surface area (Å²) < 4.78 is 11.5. The van der Waals surface area contributed by atoms with Gasteiger partial charge in [-0.15, -0.1) is 0 Å². The summed E-state index contributed by atoms with van der Waals surface area (Å²) in [6, 6.07) is 13.8. The predicted molar refractivity (Wildman–Crippen MR) is 110 cm³/mol. The zero-order valence-corrected chi connectivity index (χ0v) is 16.8. The van der Waals surface area contributed by atoms with Crippen molar-refractivity contribution in [2.24, 2.45) is 0 Å². The van der Waals surface area contributed by atoms with Crippen molar-refractivity contribution in [3.05, 3.63) is 65.4 Å². The molecule has 2 heterocycles. The van der Waals surface area contributed by atoms with Gasteiger partial charge in [0, 0.05) is 18.4 Å². The zero-order valence-electron chi connectivity index (χ0n) is 16.8. The molecule has 30 heavy (non-hydrogen) atoms. The molecule has 0 spiro atoms. The number of imide groups is 1. The number of amides is 3. The van der Waals surface area contributed by atoms with Crippen molar-refractivity contribution in [3.8, 4) is 5.75 Å². The number of hydrogen-bond donors (Lipinski definition) is 1. The Morgan fingerprint density at radius 1 is 1.10 bits per heavy atom. The summed E-state index contributed by atoms with van der Waals surface area (Å²) in [5.74, 6) is 0.260. The molecular formula is C23H22N2O5. The SMILES string of the molecule is CCOc1cccc2cc(C(C)NC(=O)CCN3C(=O)c4ccccc4C3=O)oc12. The van der Waals surface area contributed by atoms with E-state index in [0.717, 1.165) is 10.3 Å². The fraction of sp³-hybridized carbons (Fsp3) is 0.261. The maximum Gasteiger partial charge on any atom is 0.261 e. The van der Waals surface area contributed by atoms with Gasteiger partial charge in [-0.25, -0.2) is 0 Å². The number of nitrogens with zero attached hydrogens (tertiary/aromatic N) is 1. The average molecular weight is 406 g/mol. The van der Waals surface area contributed by atoms with Crippen LogP contribution in [0, 0.1) is 0 Å². The number of ether oxygens (including phenoxy) is 1. The Morgan fingerprint density at radius 2 is 1.80 bits per heavy atom. The van der Waals surface area contributed by atoms with Crippen LogP contribution in [0.5, 0.6) is 5.75 Å². The van der Waals surface area contributed by atoms with Gasteiger partial charge in [0.05, 0.1) is 23.8 Å². The number of benzene rings is 2. The molecule has 3 aromatic rings. The molecule has 1 atom stereocenters. The smallest absolute Gasteiger partial charge is 0.261 e. The summed E-state index contributed by atoms with van der Waals surface area (Å²) in [7, 11) is 0. The van der Waals surface area contributed by atoms with E-state index in [4.69, 9.17) is 9.15 Å². The first-order chi connectivity index (χ1) is 14.5. The topological polar surface area (TPSA) is 88.9 Å². The minimum Gasteiger partial charge on any atom is -0.490 e. The molecule has 3 amide bonds. The van der Waals surface area contributed by atoms with Gasteiger partial charge < -0.3 is 14.5 Å². The monoisotopic (exact) mass is 406 g/mol. The van der Waals surface area contributed by atoms with Gasteiger partial charge in [-0.3, -0.25) is 19.3 Å². The summed E-state index contributed by atoms with van der Waals surface area (Å²) in [4.78, 5) is 38.3. The fourth-order valence-electron chi connectivity index (χ4n) is 3.58. The van der Waals surface area contributed by atoms with Gasteiger partial charge in [0.25, 0.3) is 11.8 Å². The van der Waals surface area contributed by atoms with Crippen LogP contribution in [0.2, 0.25) is 0 Å². The van der Waals surface area contributed by atoms with E-state index < -0.39 is 0 Å². The van der Waals surface area contributed by atoms with Crippen LogP contribution in [-0.2, 0) is 4.79 Å². The van der Waals surface area contributed by atoms with E-state index in [9.17, 15) is 14.4 Å². The van der Waals surface area contributed by atoms with E-state index in [1.54, 1.807) is 24.3 Å². The number of carbonyl (C=O) groups excluding carboxylic acids is 3. The number of para-hydroxylation sites is 1. The highest BCUT2D eigenvalue weighted by Crippen LogP contribution is 2.31. The lowest BCUT2D eigenvalue weighted by Crippen LogP contribution is -2.35. The Balaban J connectivity index is 1.39. The van der Waals surface area contributed by atoms with E-state index in [-0.39, 0.29) is 36.7 Å². The molecule has 4 rings (SSSR count). The van der Waals surface area contributed by atoms with E-state index in [0.29, 0.717) is 34.8 Å². The molecular weight excluding hydrogens is 384 g/mol. The summed E-state index contributed by atoms with van der Waals surface area (Å²) in [5.41, 5.74) is 1.40. The van der Waals surface area contributed by atoms with Crippen LogP contribution in [0.3, 0.4) is 0 Å². The Labute approximate surface area is 173 Å². The van der Waals surface area contributed by atoms with Crippen LogP contribution in [-0.4, -0.2) is 35.8 Å². The van der Waals surface area contributed by atoms with Crippen molar-refractivity contribution >= 4 is 28.7 Å². The van der Waals surface area contributed by atoms with Crippen molar-refractivity contribution in [3.63, 3.8) is 0 Å². The molecule has 0 saturated heterocycles. The Hall–Kier alpha value is -3.61. The second-order valence-electron chi connectivity index (χ2n) is 7.10. The molecule has 0 bridgehead atoms. The highest BCUT2D eigenvalue weighted by atomic mass is 16.5. The number of fused-ring (bicyclic) bond motifs is 2. The summed E-state index contributed by atoms with van der Waals surface area (Å²) in [6.07, 6.45) is 0.0141. The highest BCUT2D eigenvalue weighted by molar-refractivity contribution is 6.21. The molecule has 1 aliphatic rings. The first kappa shape index (κ1) is 19.7. The maximum atomic E-state index is 12.4. The molecule has 2 aromatic carbocycles. The highest BCUT2D eigenvalue weighted by Gasteiger charge is 2.35. The predicted octanol–water partition coefficient (Wildman–Crippen LogP) is 3.70. The molecule has 1 aliphatic heterocycles. The van der Waals surface area contributed by atoms with Gasteiger partial charge in [0.15, 0.2) is 11.3 Å². The average Bonchev–Trinajstić information content (AvgIpc) is 3.28. The van der Waals surface area contributed by atoms with E-state index >= 15 is 0 Å². The van der Waals surface area contributed by atoms with Crippen LogP contribution < -0.4 is 10.1 Å². The number of hydrogen-bond acceptors (Lipinski definition) is 5. The Bertz CT molecular complexity index is 1100. The molecule has 0 radical (unpaired) electrons. The molecule has 1 N–H and O–H groups in total. The van der Waals surface area contributed by atoms with Crippen molar-refractivity contribution < 1.29 is 23.5 Å². The summed E-state index contributed by atoms with van der Waals surface area (Å²) in [5, 5.41) is 3.75. The lowest BCUT2D eigenvalue weighted by molar-refractivity contribution is -0.121. The normalized spacial score (nSPS) is 14.1. The van der Waals surface area contributed by atoms with Crippen molar-refractivity contribution in [2.75, 3.05) is 13.2 Å². The van der Waals surface area contributed by atoms with E-state index in [2.05, 4.69) is 5.32 Å². The van der Waals surface area contributed by atoms with Crippen molar-refractivity contribution in [1.82, 2.24) is 10.2 Å². The van der Waals surface area contributed by atoms with E-state index in [1.165, 1.54) is 0 Å². The molecule has 0 saturated carbocycles. The van der Waals surface area contributed by atoms with Crippen molar-refractivity contribution in [2.45, 2.75) is 26.3 Å². The van der Waals surface area contributed by atoms with Crippen LogP contribution in [0.15, 0.2) is 52.9 Å². The molecule has 0 fully saturated rings. The van der Waals surface area contributed by atoms with Crippen LogP contribution in [0.1, 0.15) is 52.8 Å². The summed E-state index contributed by atoms with van der Waals surface area (Å²) in [6.45, 7) is 4.27. The third kappa shape index (κ3) is 3.54. The lowest BCUT2D eigenvalue weighted by Gasteiger charge is -2.15. The standard InChI is InChI=1S/C23H22N2O5/c1-3-29-18-10-6-7-15-13-19(30-21(15)18)14(2)24-20(26)11-12-25-22(27)16-8-4-5-9-17(16)23(25)28/h4-10,13-14H,3,11-12H2,1-2H3,(H,24,26). The van der Waals surface area contributed by atoms with Gasteiger partial charge in [0.1, 0.15) is 5.76 Å². The summed E-state index contributed by atoms with van der Waals surface area (Å²) >= 11 is 0. The van der Waals surface area contributed by atoms with Crippen LogP contribution >= 0.6 is 0 Å². The largest absolute Gasteiger partial charge is 0.490 e. The van der Waals surface area contributed by atoms with Crippen LogP contribution in [0.25, 0.3) is 11.0 Å². The third-order valence-electron chi connectivity index (χ3n) is 5.07. The first-order valence-corrected chi connectivity index (χ1v) is 9.89. The Morgan fingerprint density at radius 3 is 2.47 bits per heavy atom. The molecule has 7 heteroatoms. The van der Waals surface area contributed by atoms with Gasteiger partial charge in [-0.2, -0.15) is 0 Å².